The minimum atomic E-state index is 0.327. The molecule has 0 saturated heterocycles. The van der Waals surface area contributed by atoms with Crippen LogP contribution in [-0.4, -0.2) is 13.7 Å². The highest BCUT2D eigenvalue weighted by Gasteiger charge is 2.09. The highest BCUT2D eigenvalue weighted by molar-refractivity contribution is 5.35. The molecular formula is C14H23NO. The standard InChI is InChI=1S/C14H23NO/c1-5-11(2)10-16-14-9-7-6-8-13(14)12(3)15-4/h6-9,11-12,15H,5,10H2,1-4H3. The van der Waals surface area contributed by atoms with Crippen LogP contribution in [0.2, 0.25) is 0 Å². The summed E-state index contributed by atoms with van der Waals surface area (Å²) in [6.07, 6.45) is 1.16. The fourth-order valence-electron chi connectivity index (χ4n) is 1.48. The fourth-order valence-corrected chi connectivity index (χ4v) is 1.48. The Kier molecular flexibility index (Phi) is 5.33. The van der Waals surface area contributed by atoms with Gasteiger partial charge in [0.1, 0.15) is 5.75 Å². The van der Waals surface area contributed by atoms with E-state index in [-0.39, 0.29) is 0 Å². The van der Waals surface area contributed by atoms with Gasteiger partial charge in [0.2, 0.25) is 0 Å². The van der Waals surface area contributed by atoms with E-state index in [0.717, 1.165) is 18.8 Å². The van der Waals surface area contributed by atoms with Crippen molar-refractivity contribution < 1.29 is 4.74 Å². The van der Waals surface area contributed by atoms with Gasteiger partial charge in [-0.1, -0.05) is 38.5 Å². The molecular weight excluding hydrogens is 198 g/mol. The van der Waals surface area contributed by atoms with Crippen LogP contribution in [0, 0.1) is 5.92 Å². The van der Waals surface area contributed by atoms with Crippen molar-refractivity contribution in [2.45, 2.75) is 33.2 Å². The molecule has 1 rings (SSSR count). The molecule has 2 heteroatoms. The zero-order valence-electron chi connectivity index (χ0n) is 10.8. The zero-order valence-corrected chi connectivity index (χ0v) is 10.8. The van der Waals surface area contributed by atoms with Gasteiger partial charge in [-0.2, -0.15) is 0 Å². The van der Waals surface area contributed by atoms with Gasteiger partial charge in [0.15, 0.2) is 0 Å². The molecule has 0 amide bonds. The highest BCUT2D eigenvalue weighted by atomic mass is 16.5. The number of benzene rings is 1. The van der Waals surface area contributed by atoms with Gasteiger partial charge < -0.3 is 10.1 Å². The number of ether oxygens (including phenoxy) is 1. The second kappa shape index (κ2) is 6.54. The largest absolute Gasteiger partial charge is 0.493 e. The predicted molar refractivity (Wildman–Crippen MR) is 68.9 cm³/mol. The molecule has 0 aliphatic rings. The molecule has 0 aliphatic heterocycles. The van der Waals surface area contributed by atoms with Crippen molar-refractivity contribution in [1.29, 1.82) is 0 Å². The van der Waals surface area contributed by atoms with E-state index in [4.69, 9.17) is 4.74 Å². The molecule has 2 unspecified atom stereocenters. The molecule has 0 aliphatic carbocycles. The smallest absolute Gasteiger partial charge is 0.124 e. The van der Waals surface area contributed by atoms with E-state index in [0.29, 0.717) is 12.0 Å². The summed E-state index contributed by atoms with van der Waals surface area (Å²) < 4.78 is 5.87. The van der Waals surface area contributed by atoms with Gasteiger partial charge in [0.25, 0.3) is 0 Å². The average Bonchev–Trinajstić information content (AvgIpc) is 2.35. The van der Waals surface area contributed by atoms with E-state index >= 15 is 0 Å². The van der Waals surface area contributed by atoms with Gasteiger partial charge in [-0.3, -0.25) is 0 Å². The lowest BCUT2D eigenvalue weighted by atomic mass is 10.1. The maximum atomic E-state index is 5.87. The third-order valence-corrected chi connectivity index (χ3v) is 3.04. The summed E-state index contributed by atoms with van der Waals surface area (Å²) in [4.78, 5) is 0. The van der Waals surface area contributed by atoms with E-state index in [1.54, 1.807) is 0 Å². The first-order chi connectivity index (χ1) is 7.69. The van der Waals surface area contributed by atoms with Crippen LogP contribution in [0.1, 0.15) is 38.8 Å². The summed E-state index contributed by atoms with van der Waals surface area (Å²) in [6, 6.07) is 8.57. The van der Waals surface area contributed by atoms with Crippen molar-refractivity contribution in [1.82, 2.24) is 5.32 Å². The topological polar surface area (TPSA) is 21.3 Å². The number of rotatable bonds is 6. The molecule has 16 heavy (non-hydrogen) atoms. The lowest BCUT2D eigenvalue weighted by molar-refractivity contribution is 0.253. The van der Waals surface area contributed by atoms with Crippen molar-refractivity contribution in [3.05, 3.63) is 29.8 Å². The lowest BCUT2D eigenvalue weighted by Gasteiger charge is -2.18. The molecule has 1 N–H and O–H groups in total. The quantitative estimate of drug-likeness (QED) is 0.795. The van der Waals surface area contributed by atoms with Gasteiger partial charge in [0.05, 0.1) is 6.61 Å². The van der Waals surface area contributed by atoms with E-state index in [9.17, 15) is 0 Å². The van der Waals surface area contributed by atoms with Gasteiger partial charge in [-0.15, -0.1) is 0 Å². The second-order valence-corrected chi connectivity index (χ2v) is 4.37. The summed E-state index contributed by atoms with van der Waals surface area (Å²) in [5.74, 6) is 1.61. The number of nitrogens with one attached hydrogen (secondary N) is 1. The van der Waals surface area contributed by atoms with Crippen LogP contribution in [0.15, 0.2) is 24.3 Å². The molecule has 2 atom stereocenters. The van der Waals surface area contributed by atoms with Crippen LogP contribution in [0.25, 0.3) is 0 Å². The summed E-state index contributed by atoms with van der Waals surface area (Å²) in [6.45, 7) is 7.34. The van der Waals surface area contributed by atoms with Crippen molar-refractivity contribution in [2.75, 3.05) is 13.7 Å². The van der Waals surface area contributed by atoms with Crippen LogP contribution in [-0.2, 0) is 0 Å². The molecule has 0 bridgehead atoms. The minimum absolute atomic E-state index is 0.327. The Morgan fingerprint density at radius 3 is 2.56 bits per heavy atom. The number of hydrogen-bond acceptors (Lipinski definition) is 2. The SMILES string of the molecule is CCC(C)COc1ccccc1C(C)NC. The van der Waals surface area contributed by atoms with E-state index in [2.05, 4.69) is 38.2 Å². The number of para-hydroxylation sites is 1. The van der Waals surface area contributed by atoms with E-state index in [1.165, 1.54) is 5.56 Å². The van der Waals surface area contributed by atoms with Crippen LogP contribution in [0.3, 0.4) is 0 Å². The Morgan fingerprint density at radius 1 is 1.25 bits per heavy atom. The normalized spacial score (nSPS) is 14.5. The first kappa shape index (κ1) is 13.0. The van der Waals surface area contributed by atoms with Crippen molar-refractivity contribution in [3.8, 4) is 5.75 Å². The fraction of sp³-hybridized carbons (Fsp3) is 0.571. The molecule has 0 heterocycles. The Morgan fingerprint density at radius 2 is 1.94 bits per heavy atom. The Labute approximate surface area is 99.0 Å². The average molecular weight is 221 g/mol. The third kappa shape index (κ3) is 3.53. The summed E-state index contributed by atoms with van der Waals surface area (Å²) in [7, 11) is 1.97. The highest BCUT2D eigenvalue weighted by Crippen LogP contribution is 2.25. The maximum absolute atomic E-state index is 5.87. The van der Waals surface area contributed by atoms with Gasteiger partial charge in [-0.05, 0) is 26.0 Å². The first-order valence-electron chi connectivity index (χ1n) is 6.08. The van der Waals surface area contributed by atoms with Crippen LogP contribution >= 0.6 is 0 Å². The molecule has 1 aromatic carbocycles. The van der Waals surface area contributed by atoms with Crippen LogP contribution < -0.4 is 10.1 Å². The summed E-state index contributed by atoms with van der Waals surface area (Å²) >= 11 is 0. The molecule has 1 aromatic rings. The van der Waals surface area contributed by atoms with Crippen molar-refractivity contribution in [2.24, 2.45) is 5.92 Å². The molecule has 90 valence electrons. The Balaban J connectivity index is 2.71. The molecule has 2 nitrogen and oxygen atoms in total. The molecule has 0 fully saturated rings. The molecule has 0 saturated carbocycles. The van der Waals surface area contributed by atoms with E-state index < -0.39 is 0 Å². The Bertz CT molecular complexity index is 311. The van der Waals surface area contributed by atoms with Gasteiger partial charge in [-0.25, -0.2) is 0 Å². The van der Waals surface area contributed by atoms with E-state index in [1.807, 2.05) is 19.2 Å². The predicted octanol–water partition coefficient (Wildman–Crippen LogP) is 3.39. The Hall–Kier alpha value is -1.02. The maximum Gasteiger partial charge on any atom is 0.124 e. The molecule has 0 spiro atoms. The third-order valence-electron chi connectivity index (χ3n) is 3.04. The minimum Gasteiger partial charge on any atom is -0.493 e. The van der Waals surface area contributed by atoms with Crippen molar-refractivity contribution in [3.63, 3.8) is 0 Å². The summed E-state index contributed by atoms with van der Waals surface area (Å²) in [5, 5.41) is 3.24. The molecule has 0 aromatic heterocycles. The van der Waals surface area contributed by atoms with Crippen LogP contribution in [0.5, 0.6) is 5.75 Å². The first-order valence-corrected chi connectivity index (χ1v) is 6.08. The van der Waals surface area contributed by atoms with Crippen molar-refractivity contribution >= 4 is 0 Å². The second-order valence-electron chi connectivity index (χ2n) is 4.37. The monoisotopic (exact) mass is 221 g/mol. The molecule has 0 radical (unpaired) electrons. The summed E-state index contributed by atoms with van der Waals surface area (Å²) in [5.41, 5.74) is 1.23. The zero-order chi connectivity index (χ0) is 12.0. The van der Waals surface area contributed by atoms with Gasteiger partial charge in [0, 0.05) is 11.6 Å². The number of hydrogen-bond donors (Lipinski definition) is 1. The van der Waals surface area contributed by atoms with Gasteiger partial charge >= 0.3 is 0 Å². The van der Waals surface area contributed by atoms with Crippen LogP contribution in [0.4, 0.5) is 0 Å². The lowest BCUT2D eigenvalue weighted by Crippen LogP contribution is -2.15.